The van der Waals surface area contributed by atoms with E-state index in [0.717, 1.165) is 44.0 Å². The maximum atomic E-state index is 6.36. The van der Waals surface area contributed by atoms with Crippen molar-refractivity contribution in [3.8, 4) is 11.1 Å². The molecule has 0 atom stereocenters. The first kappa shape index (κ1) is 17.1. The molecule has 154 valence electrons. The van der Waals surface area contributed by atoms with Crippen molar-refractivity contribution in [1.29, 1.82) is 0 Å². The maximum absolute atomic E-state index is 6.36. The lowest BCUT2D eigenvalue weighted by molar-refractivity contribution is 0.669. The molecule has 5 aromatic carbocycles. The highest BCUT2D eigenvalue weighted by Crippen LogP contribution is 2.40. The van der Waals surface area contributed by atoms with E-state index in [2.05, 4.69) is 107 Å². The number of hydrogen-bond acceptors (Lipinski definition) is 1. The van der Waals surface area contributed by atoms with E-state index in [1.807, 2.05) is 0 Å². The minimum Gasteiger partial charge on any atom is -0.456 e. The third kappa shape index (κ3) is 2.28. The fourth-order valence-electron chi connectivity index (χ4n) is 5.43. The van der Waals surface area contributed by atoms with Crippen LogP contribution in [-0.2, 0) is 0 Å². The van der Waals surface area contributed by atoms with Gasteiger partial charge in [-0.15, -0.1) is 0 Å². The Hall–Kier alpha value is -4.50. The Morgan fingerprint density at radius 3 is 1.97 bits per heavy atom. The van der Waals surface area contributed by atoms with Crippen LogP contribution in [0.5, 0.6) is 0 Å². The number of benzene rings is 5. The molecule has 3 heterocycles. The molecule has 8 aromatic rings. The smallest absolute Gasteiger partial charge is 0.136 e. The molecule has 0 aliphatic rings. The highest BCUT2D eigenvalue weighted by molar-refractivity contribution is 6.19. The van der Waals surface area contributed by atoms with Crippen LogP contribution in [0.1, 0.15) is 0 Å². The van der Waals surface area contributed by atoms with Gasteiger partial charge in [0.25, 0.3) is 0 Å². The molecule has 0 radical (unpaired) electrons. The normalized spacial score (nSPS) is 12.2. The maximum Gasteiger partial charge on any atom is 0.136 e. The highest BCUT2D eigenvalue weighted by Gasteiger charge is 2.16. The van der Waals surface area contributed by atoms with Gasteiger partial charge in [0.2, 0.25) is 0 Å². The first-order chi connectivity index (χ1) is 16.3. The number of para-hydroxylation sites is 2. The Kier molecular flexibility index (Phi) is 3.14. The predicted molar refractivity (Wildman–Crippen MR) is 138 cm³/mol. The lowest BCUT2D eigenvalue weighted by Gasteiger charge is -2.05. The van der Waals surface area contributed by atoms with Crippen molar-refractivity contribution in [2.24, 2.45) is 0 Å². The van der Waals surface area contributed by atoms with E-state index in [4.69, 9.17) is 4.42 Å². The van der Waals surface area contributed by atoms with Gasteiger partial charge in [0.1, 0.15) is 11.2 Å². The van der Waals surface area contributed by atoms with Gasteiger partial charge in [-0.1, -0.05) is 54.6 Å². The Morgan fingerprint density at radius 1 is 0.455 bits per heavy atom. The van der Waals surface area contributed by atoms with Crippen molar-refractivity contribution < 1.29 is 4.42 Å². The van der Waals surface area contributed by atoms with Crippen molar-refractivity contribution in [1.82, 2.24) is 9.97 Å². The molecule has 0 saturated heterocycles. The average molecular weight is 422 g/mol. The molecule has 8 rings (SSSR count). The van der Waals surface area contributed by atoms with E-state index in [1.165, 1.54) is 32.7 Å². The standard InChI is InChI=1S/C30H18N2O/c1-3-9-24-19(6-1)21-14-17(12-13-26(21)31-24)18-8-5-11-28-30(18)23-15-27-22(16-29(23)33-28)20-7-2-4-10-25(20)32-27/h1-16,31-32H. The molecule has 0 aliphatic heterocycles. The third-order valence-electron chi connectivity index (χ3n) is 6.94. The lowest BCUT2D eigenvalue weighted by atomic mass is 9.97. The topological polar surface area (TPSA) is 44.7 Å². The number of aromatic nitrogens is 2. The number of nitrogens with one attached hydrogen (secondary N) is 2. The summed E-state index contributed by atoms with van der Waals surface area (Å²) in [7, 11) is 0. The molecule has 0 bridgehead atoms. The summed E-state index contributed by atoms with van der Waals surface area (Å²) in [6.07, 6.45) is 0. The summed E-state index contributed by atoms with van der Waals surface area (Å²) in [6, 6.07) is 34.3. The first-order valence-electron chi connectivity index (χ1n) is 11.2. The molecule has 0 fully saturated rings. The third-order valence-corrected chi connectivity index (χ3v) is 6.94. The molecule has 0 aliphatic carbocycles. The van der Waals surface area contributed by atoms with Crippen LogP contribution >= 0.6 is 0 Å². The zero-order chi connectivity index (χ0) is 21.5. The van der Waals surface area contributed by atoms with Crippen molar-refractivity contribution in [2.45, 2.75) is 0 Å². The predicted octanol–water partition coefficient (Wildman–Crippen LogP) is 8.52. The molecule has 2 N–H and O–H groups in total. The Labute approximate surface area is 188 Å². The van der Waals surface area contributed by atoms with Gasteiger partial charge in [-0.05, 0) is 53.6 Å². The summed E-state index contributed by atoms with van der Waals surface area (Å²) < 4.78 is 6.36. The second-order valence-corrected chi connectivity index (χ2v) is 8.78. The van der Waals surface area contributed by atoms with Crippen LogP contribution in [0.15, 0.2) is 101 Å². The Bertz CT molecular complexity index is 2030. The van der Waals surface area contributed by atoms with E-state index in [0.29, 0.717) is 0 Å². The SMILES string of the molecule is c1ccc2c(c1)[nH]c1ccc(-c3cccc4oc5cc6c(cc5c34)[nH]c3ccccc36)cc12. The van der Waals surface area contributed by atoms with Gasteiger partial charge in [-0.25, -0.2) is 0 Å². The van der Waals surface area contributed by atoms with Gasteiger partial charge in [0, 0.05) is 54.4 Å². The van der Waals surface area contributed by atoms with Crippen LogP contribution in [-0.4, -0.2) is 9.97 Å². The van der Waals surface area contributed by atoms with Crippen molar-refractivity contribution in [3.05, 3.63) is 97.1 Å². The number of fused-ring (bicyclic) bond motifs is 9. The lowest BCUT2D eigenvalue weighted by Crippen LogP contribution is -1.80. The number of rotatable bonds is 1. The summed E-state index contributed by atoms with van der Waals surface area (Å²) in [4.78, 5) is 7.11. The fraction of sp³-hybridized carbons (Fsp3) is 0. The van der Waals surface area contributed by atoms with Gasteiger partial charge in [0.05, 0.1) is 0 Å². The van der Waals surface area contributed by atoms with Gasteiger partial charge >= 0.3 is 0 Å². The quantitative estimate of drug-likeness (QED) is 0.273. The summed E-state index contributed by atoms with van der Waals surface area (Å²) in [6.45, 7) is 0. The van der Waals surface area contributed by atoms with E-state index in [-0.39, 0.29) is 0 Å². The summed E-state index contributed by atoms with van der Waals surface area (Å²) in [5, 5.41) is 7.20. The molecule has 0 unspecified atom stereocenters. The van der Waals surface area contributed by atoms with Crippen LogP contribution in [0.2, 0.25) is 0 Å². The molecule has 0 amide bonds. The van der Waals surface area contributed by atoms with E-state index >= 15 is 0 Å². The number of hydrogen-bond donors (Lipinski definition) is 2. The van der Waals surface area contributed by atoms with Gasteiger partial charge in [0.15, 0.2) is 0 Å². The largest absolute Gasteiger partial charge is 0.456 e. The first-order valence-corrected chi connectivity index (χ1v) is 11.2. The molecule has 3 heteroatoms. The monoisotopic (exact) mass is 422 g/mol. The average Bonchev–Trinajstić information content (AvgIpc) is 3.52. The van der Waals surface area contributed by atoms with Crippen molar-refractivity contribution in [2.75, 3.05) is 0 Å². The van der Waals surface area contributed by atoms with E-state index < -0.39 is 0 Å². The number of furan rings is 1. The Morgan fingerprint density at radius 2 is 1.15 bits per heavy atom. The van der Waals surface area contributed by atoms with Crippen LogP contribution in [0, 0.1) is 0 Å². The number of aromatic amines is 2. The summed E-state index contributed by atoms with van der Waals surface area (Å²) in [5.41, 5.74) is 8.82. The van der Waals surface area contributed by atoms with Gasteiger partial charge in [-0.2, -0.15) is 0 Å². The Balaban J connectivity index is 1.45. The van der Waals surface area contributed by atoms with E-state index in [1.54, 1.807) is 0 Å². The second kappa shape index (κ2) is 6.05. The minimum atomic E-state index is 0.915. The molecule has 3 aromatic heterocycles. The molecular formula is C30H18N2O. The number of H-pyrrole nitrogens is 2. The minimum absolute atomic E-state index is 0.915. The molecule has 3 nitrogen and oxygen atoms in total. The molecule has 0 spiro atoms. The van der Waals surface area contributed by atoms with Crippen LogP contribution in [0.3, 0.4) is 0 Å². The fourth-order valence-corrected chi connectivity index (χ4v) is 5.43. The van der Waals surface area contributed by atoms with Gasteiger partial charge < -0.3 is 14.4 Å². The molecule has 0 saturated carbocycles. The zero-order valence-electron chi connectivity index (χ0n) is 17.6. The van der Waals surface area contributed by atoms with Crippen molar-refractivity contribution in [3.63, 3.8) is 0 Å². The van der Waals surface area contributed by atoms with Gasteiger partial charge in [-0.3, -0.25) is 0 Å². The summed E-state index contributed by atoms with van der Waals surface area (Å²) >= 11 is 0. The van der Waals surface area contributed by atoms with Crippen molar-refractivity contribution >= 4 is 65.6 Å². The zero-order valence-corrected chi connectivity index (χ0v) is 17.6. The highest BCUT2D eigenvalue weighted by atomic mass is 16.3. The van der Waals surface area contributed by atoms with Crippen LogP contribution in [0.25, 0.3) is 76.7 Å². The molecule has 33 heavy (non-hydrogen) atoms. The second-order valence-electron chi connectivity index (χ2n) is 8.78. The molecular weight excluding hydrogens is 404 g/mol. The summed E-state index contributed by atoms with van der Waals surface area (Å²) in [5.74, 6) is 0. The van der Waals surface area contributed by atoms with Crippen LogP contribution < -0.4 is 0 Å². The van der Waals surface area contributed by atoms with Crippen LogP contribution in [0.4, 0.5) is 0 Å². The van der Waals surface area contributed by atoms with E-state index in [9.17, 15) is 0 Å².